The number of rotatable bonds is 2. The summed E-state index contributed by atoms with van der Waals surface area (Å²) in [5.74, 6) is 1.85. The van der Waals surface area contributed by atoms with E-state index >= 15 is 0 Å². The lowest BCUT2D eigenvalue weighted by Gasteiger charge is -2.22. The molecule has 2 heterocycles. The first kappa shape index (κ1) is 9.71. The van der Waals surface area contributed by atoms with Crippen molar-refractivity contribution in [3.63, 3.8) is 0 Å². The molecule has 1 atom stereocenters. The van der Waals surface area contributed by atoms with Crippen LogP contribution in [0.25, 0.3) is 0 Å². The third kappa shape index (κ3) is 1.46. The fraction of sp³-hybridized carbons (Fsp3) is 0.727. The summed E-state index contributed by atoms with van der Waals surface area (Å²) in [7, 11) is 1.98. The number of aryl methyl sites for hydroxylation is 1. The Balaban J connectivity index is 2.42. The molecule has 0 saturated carbocycles. The van der Waals surface area contributed by atoms with Gasteiger partial charge in [0.2, 0.25) is 0 Å². The standard InChI is InChI=1S/C11H19N3/c1-8-5-4-6-14-9(2)13-10(7-12-3)11(8)14/h8,12H,4-7H2,1-3H3. The number of fused-ring (bicyclic) bond motifs is 1. The van der Waals surface area contributed by atoms with E-state index in [4.69, 9.17) is 0 Å². The lowest BCUT2D eigenvalue weighted by Crippen LogP contribution is -2.17. The zero-order chi connectivity index (χ0) is 10.1. The second-order valence-corrected chi connectivity index (χ2v) is 4.22. The van der Waals surface area contributed by atoms with Crippen LogP contribution in [-0.2, 0) is 13.1 Å². The maximum Gasteiger partial charge on any atom is 0.106 e. The molecule has 0 fully saturated rings. The Kier molecular flexibility index (Phi) is 2.59. The molecule has 1 unspecified atom stereocenters. The van der Waals surface area contributed by atoms with Crippen molar-refractivity contribution in [3.8, 4) is 0 Å². The van der Waals surface area contributed by atoms with Gasteiger partial charge in [-0.25, -0.2) is 4.98 Å². The quantitative estimate of drug-likeness (QED) is 0.776. The zero-order valence-corrected chi connectivity index (χ0v) is 9.30. The van der Waals surface area contributed by atoms with Crippen molar-refractivity contribution in [2.24, 2.45) is 0 Å². The summed E-state index contributed by atoms with van der Waals surface area (Å²) in [5.41, 5.74) is 2.71. The summed E-state index contributed by atoms with van der Waals surface area (Å²) in [4.78, 5) is 4.63. The molecule has 14 heavy (non-hydrogen) atoms. The number of hydrogen-bond donors (Lipinski definition) is 1. The summed E-state index contributed by atoms with van der Waals surface area (Å²) < 4.78 is 2.39. The average Bonchev–Trinajstić information content (AvgIpc) is 2.46. The first-order valence-electron chi connectivity index (χ1n) is 5.44. The van der Waals surface area contributed by atoms with E-state index in [9.17, 15) is 0 Å². The molecule has 78 valence electrons. The molecule has 1 aromatic rings. The van der Waals surface area contributed by atoms with Gasteiger partial charge in [-0.15, -0.1) is 0 Å². The zero-order valence-electron chi connectivity index (χ0n) is 9.30. The van der Waals surface area contributed by atoms with Crippen LogP contribution in [-0.4, -0.2) is 16.6 Å². The molecule has 1 N–H and O–H groups in total. The first-order chi connectivity index (χ1) is 6.74. The third-order valence-electron chi connectivity index (χ3n) is 3.10. The molecule has 0 amide bonds. The maximum absolute atomic E-state index is 4.63. The topological polar surface area (TPSA) is 29.9 Å². The largest absolute Gasteiger partial charge is 0.332 e. The van der Waals surface area contributed by atoms with Crippen LogP contribution in [0.3, 0.4) is 0 Å². The van der Waals surface area contributed by atoms with Crippen molar-refractivity contribution in [1.82, 2.24) is 14.9 Å². The Labute approximate surface area is 85.5 Å². The highest BCUT2D eigenvalue weighted by atomic mass is 15.1. The molecule has 0 aromatic carbocycles. The van der Waals surface area contributed by atoms with Gasteiger partial charge in [-0.05, 0) is 32.7 Å². The Morgan fingerprint density at radius 2 is 2.36 bits per heavy atom. The number of aromatic nitrogens is 2. The minimum Gasteiger partial charge on any atom is -0.332 e. The maximum atomic E-state index is 4.63. The van der Waals surface area contributed by atoms with Gasteiger partial charge in [0.15, 0.2) is 0 Å². The molecule has 0 aliphatic carbocycles. The lowest BCUT2D eigenvalue weighted by atomic mass is 9.96. The van der Waals surface area contributed by atoms with Crippen LogP contribution in [0.15, 0.2) is 0 Å². The van der Waals surface area contributed by atoms with Crippen molar-refractivity contribution < 1.29 is 0 Å². The molecule has 0 saturated heterocycles. The van der Waals surface area contributed by atoms with Crippen LogP contribution in [0.4, 0.5) is 0 Å². The summed E-state index contributed by atoms with van der Waals surface area (Å²) >= 11 is 0. The predicted molar refractivity (Wildman–Crippen MR) is 57.4 cm³/mol. The summed E-state index contributed by atoms with van der Waals surface area (Å²) in [6.45, 7) is 6.47. The van der Waals surface area contributed by atoms with Crippen LogP contribution in [0, 0.1) is 6.92 Å². The average molecular weight is 193 g/mol. The van der Waals surface area contributed by atoms with Crippen LogP contribution in [0.2, 0.25) is 0 Å². The lowest BCUT2D eigenvalue weighted by molar-refractivity contribution is 0.464. The summed E-state index contributed by atoms with van der Waals surface area (Å²) in [6.07, 6.45) is 2.60. The molecule has 3 heteroatoms. The first-order valence-corrected chi connectivity index (χ1v) is 5.44. The van der Waals surface area contributed by atoms with Gasteiger partial charge in [0.1, 0.15) is 5.82 Å². The molecule has 1 aromatic heterocycles. The van der Waals surface area contributed by atoms with Crippen LogP contribution in [0.1, 0.15) is 42.9 Å². The highest BCUT2D eigenvalue weighted by Gasteiger charge is 2.22. The fourth-order valence-electron chi connectivity index (χ4n) is 2.47. The van der Waals surface area contributed by atoms with E-state index in [2.05, 4.69) is 28.7 Å². The predicted octanol–water partition coefficient (Wildman–Crippen LogP) is 1.81. The van der Waals surface area contributed by atoms with E-state index in [1.807, 2.05) is 7.05 Å². The molecule has 2 rings (SSSR count). The molecule has 0 spiro atoms. The van der Waals surface area contributed by atoms with Crippen molar-refractivity contribution in [1.29, 1.82) is 0 Å². The van der Waals surface area contributed by atoms with E-state index in [1.54, 1.807) is 0 Å². The molecule has 1 aliphatic heterocycles. The molecule has 0 bridgehead atoms. The van der Waals surface area contributed by atoms with Gasteiger partial charge in [-0.1, -0.05) is 6.92 Å². The minimum absolute atomic E-state index is 0.674. The Bertz CT molecular complexity index is 328. The van der Waals surface area contributed by atoms with Crippen molar-refractivity contribution in [2.75, 3.05) is 7.05 Å². The van der Waals surface area contributed by atoms with Gasteiger partial charge in [-0.3, -0.25) is 0 Å². The molecular weight excluding hydrogens is 174 g/mol. The molecule has 3 nitrogen and oxygen atoms in total. The van der Waals surface area contributed by atoms with Crippen LogP contribution >= 0.6 is 0 Å². The van der Waals surface area contributed by atoms with Gasteiger partial charge in [0.25, 0.3) is 0 Å². The highest BCUT2D eigenvalue weighted by molar-refractivity contribution is 5.22. The molecular formula is C11H19N3. The Morgan fingerprint density at radius 1 is 1.57 bits per heavy atom. The monoisotopic (exact) mass is 193 g/mol. The number of nitrogens with zero attached hydrogens (tertiary/aromatic N) is 2. The van der Waals surface area contributed by atoms with Gasteiger partial charge < -0.3 is 9.88 Å². The van der Waals surface area contributed by atoms with Crippen LogP contribution in [0.5, 0.6) is 0 Å². The van der Waals surface area contributed by atoms with E-state index in [1.165, 1.54) is 30.1 Å². The SMILES string of the molecule is CNCc1nc(C)n2c1C(C)CCC2. The second kappa shape index (κ2) is 3.73. The minimum atomic E-state index is 0.674. The van der Waals surface area contributed by atoms with Crippen LogP contribution < -0.4 is 5.32 Å². The van der Waals surface area contributed by atoms with Gasteiger partial charge in [-0.2, -0.15) is 0 Å². The second-order valence-electron chi connectivity index (χ2n) is 4.22. The van der Waals surface area contributed by atoms with Gasteiger partial charge in [0.05, 0.1) is 5.69 Å². The third-order valence-corrected chi connectivity index (χ3v) is 3.10. The van der Waals surface area contributed by atoms with Crippen molar-refractivity contribution in [2.45, 2.75) is 45.7 Å². The van der Waals surface area contributed by atoms with Crippen molar-refractivity contribution >= 4 is 0 Å². The summed E-state index contributed by atoms with van der Waals surface area (Å²) in [5, 5.41) is 3.19. The Hall–Kier alpha value is -0.830. The van der Waals surface area contributed by atoms with E-state index in [-0.39, 0.29) is 0 Å². The number of imidazole rings is 1. The molecule has 1 aliphatic rings. The van der Waals surface area contributed by atoms with Crippen molar-refractivity contribution in [3.05, 3.63) is 17.2 Å². The molecule has 0 radical (unpaired) electrons. The number of nitrogens with one attached hydrogen (secondary N) is 1. The normalized spacial score (nSPS) is 20.9. The summed E-state index contributed by atoms with van der Waals surface area (Å²) in [6, 6.07) is 0. The van der Waals surface area contributed by atoms with Gasteiger partial charge in [0, 0.05) is 18.8 Å². The van der Waals surface area contributed by atoms with E-state index in [0.29, 0.717) is 5.92 Å². The highest BCUT2D eigenvalue weighted by Crippen LogP contribution is 2.30. The fourth-order valence-corrected chi connectivity index (χ4v) is 2.47. The van der Waals surface area contributed by atoms with E-state index in [0.717, 1.165) is 13.1 Å². The smallest absolute Gasteiger partial charge is 0.106 e. The Morgan fingerprint density at radius 3 is 3.07 bits per heavy atom. The van der Waals surface area contributed by atoms with E-state index < -0.39 is 0 Å². The number of hydrogen-bond acceptors (Lipinski definition) is 2. The van der Waals surface area contributed by atoms with Gasteiger partial charge >= 0.3 is 0 Å².